The van der Waals surface area contributed by atoms with Crippen molar-refractivity contribution in [1.82, 2.24) is 10.6 Å². The van der Waals surface area contributed by atoms with Crippen molar-refractivity contribution in [3.63, 3.8) is 0 Å². The van der Waals surface area contributed by atoms with Crippen molar-refractivity contribution in [1.29, 1.82) is 0 Å². The summed E-state index contributed by atoms with van der Waals surface area (Å²) < 4.78 is 55.0. The number of hydrogen-bond acceptors (Lipinski definition) is 3. The van der Waals surface area contributed by atoms with Crippen LogP contribution in [0.25, 0.3) is 0 Å². The fraction of sp³-hybridized carbons (Fsp3) is 0.316. The van der Waals surface area contributed by atoms with Crippen LogP contribution in [0.5, 0.6) is 5.75 Å². The van der Waals surface area contributed by atoms with Crippen LogP contribution in [-0.4, -0.2) is 25.6 Å². The Bertz CT molecular complexity index is 754. The van der Waals surface area contributed by atoms with Gasteiger partial charge in [-0.05, 0) is 37.1 Å². The Morgan fingerprint density at radius 2 is 1.81 bits per heavy atom. The molecular formula is C19H20F4N2O2. The highest BCUT2D eigenvalue weighted by Crippen LogP contribution is 2.17. The van der Waals surface area contributed by atoms with E-state index in [0.717, 1.165) is 17.7 Å². The van der Waals surface area contributed by atoms with Crippen molar-refractivity contribution in [3.8, 4) is 5.75 Å². The Balaban J connectivity index is 1.71. The van der Waals surface area contributed by atoms with E-state index in [2.05, 4.69) is 15.4 Å². The van der Waals surface area contributed by atoms with E-state index in [4.69, 9.17) is 0 Å². The molecule has 0 aliphatic carbocycles. The predicted molar refractivity (Wildman–Crippen MR) is 92.6 cm³/mol. The van der Waals surface area contributed by atoms with Gasteiger partial charge in [0.15, 0.2) is 0 Å². The third-order valence-electron chi connectivity index (χ3n) is 3.88. The molecule has 0 aliphatic rings. The number of hydrogen-bond donors (Lipinski definition) is 2. The quantitative estimate of drug-likeness (QED) is 0.650. The van der Waals surface area contributed by atoms with Gasteiger partial charge >= 0.3 is 6.61 Å². The van der Waals surface area contributed by atoms with Crippen LogP contribution in [0.15, 0.2) is 42.5 Å². The number of benzene rings is 2. The van der Waals surface area contributed by atoms with Gasteiger partial charge in [-0.15, -0.1) is 0 Å². The second-order valence-corrected chi connectivity index (χ2v) is 5.89. The van der Waals surface area contributed by atoms with Crippen LogP contribution < -0.4 is 15.4 Å². The zero-order valence-electron chi connectivity index (χ0n) is 14.6. The van der Waals surface area contributed by atoms with Crippen molar-refractivity contribution in [2.75, 3.05) is 13.1 Å². The third-order valence-corrected chi connectivity index (χ3v) is 3.88. The van der Waals surface area contributed by atoms with Gasteiger partial charge in [-0.2, -0.15) is 8.78 Å². The lowest BCUT2D eigenvalue weighted by Gasteiger charge is -2.15. The summed E-state index contributed by atoms with van der Waals surface area (Å²) in [5.74, 6) is -1.53. The molecule has 0 aromatic heterocycles. The van der Waals surface area contributed by atoms with Gasteiger partial charge in [0.1, 0.15) is 17.4 Å². The van der Waals surface area contributed by atoms with Crippen LogP contribution >= 0.6 is 0 Å². The van der Waals surface area contributed by atoms with E-state index < -0.39 is 24.3 Å². The maximum atomic E-state index is 13.7. The molecule has 1 amide bonds. The van der Waals surface area contributed by atoms with Gasteiger partial charge in [-0.3, -0.25) is 4.79 Å². The minimum absolute atomic E-state index is 0.0286. The monoisotopic (exact) mass is 384 g/mol. The van der Waals surface area contributed by atoms with Crippen LogP contribution in [0, 0.1) is 11.6 Å². The molecule has 4 nitrogen and oxygen atoms in total. The first-order valence-electron chi connectivity index (χ1n) is 8.34. The van der Waals surface area contributed by atoms with E-state index in [1.54, 1.807) is 19.1 Å². The smallest absolute Gasteiger partial charge is 0.387 e. The van der Waals surface area contributed by atoms with Crippen molar-refractivity contribution in [2.24, 2.45) is 0 Å². The lowest BCUT2D eigenvalue weighted by molar-refractivity contribution is -0.120. The maximum absolute atomic E-state index is 13.7. The summed E-state index contributed by atoms with van der Waals surface area (Å²) in [5, 5.41) is 5.57. The number of carbonyl (C=O) groups is 1. The Morgan fingerprint density at radius 3 is 2.44 bits per heavy atom. The summed E-state index contributed by atoms with van der Waals surface area (Å²) in [4.78, 5) is 11.9. The first kappa shape index (κ1) is 20.7. The molecule has 0 heterocycles. The molecular weight excluding hydrogens is 364 g/mol. The molecule has 0 fully saturated rings. The van der Waals surface area contributed by atoms with Gasteiger partial charge in [-0.25, -0.2) is 8.78 Å². The molecule has 0 unspecified atom stereocenters. The summed E-state index contributed by atoms with van der Waals surface area (Å²) in [7, 11) is 0. The average Bonchev–Trinajstić information content (AvgIpc) is 2.61. The first-order chi connectivity index (χ1) is 12.8. The molecule has 0 spiro atoms. The van der Waals surface area contributed by atoms with Gasteiger partial charge < -0.3 is 15.4 Å². The number of alkyl halides is 2. The molecule has 1 atom stereocenters. The zero-order valence-corrected chi connectivity index (χ0v) is 14.6. The van der Waals surface area contributed by atoms with E-state index in [-0.39, 0.29) is 23.8 Å². The third kappa shape index (κ3) is 6.90. The molecule has 0 saturated heterocycles. The van der Waals surface area contributed by atoms with Crippen molar-refractivity contribution >= 4 is 5.91 Å². The molecule has 2 aromatic rings. The topological polar surface area (TPSA) is 50.4 Å². The minimum Gasteiger partial charge on any atom is -0.435 e. The Hall–Kier alpha value is -2.61. The molecule has 146 valence electrons. The largest absolute Gasteiger partial charge is 0.435 e. The zero-order chi connectivity index (χ0) is 19.8. The van der Waals surface area contributed by atoms with Gasteiger partial charge in [0.25, 0.3) is 0 Å². The first-order valence-corrected chi connectivity index (χ1v) is 8.34. The highest BCUT2D eigenvalue weighted by molar-refractivity contribution is 5.78. The predicted octanol–water partition coefficient (Wildman–Crippen LogP) is 3.58. The van der Waals surface area contributed by atoms with Gasteiger partial charge in [0.2, 0.25) is 5.91 Å². The Morgan fingerprint density at radius 1 is 1.11 bits per heavy atom. The lowest BCUT2D eigenvalue weighted by Crippen LogP contribution is -2.36. The Kier molecular flexibility index (Phi) is 7.60. The number of rotatable bonds is 9. The van der Waals surface area contributed by atoms with E-state index in [0.29, 0.717) is 13.0 Å². The number of nitrogens with one attached hydrogen (secondary N) is 2. The number of ether oxygens (including phenoxy) is 1. The molecule has 0 bridgehead atoms. The molecule has 8 heteroatoms. The summed E-state index contributed by atoms with van der Waals surface area (Å²) in [5.41, 5.74) is 1.13. The van der Waals surface area contributed by atoms with E-state index in [9.17, 15) is 22.4 Å². The molecule has 0 radical (unpaired) electrons. The van der Waals surface area contributed by atoms with E-state index in [1.807, 2.05) is 0 Å². The second-order valence-electron chi connectivity index (χ2n) is 5.89. The minimum atomic E-state index is -2.87. The van der Waals surface area contributed by atoms with E-state index in [1.165, 1.54) is 18.2 Å². The van der Waals surface area contributed by atoms with Crippen LogP contribution in [-0.2, 0) is 11.2 Å². The highest BCUT2D eigenvalue weighted by Gasteiger charge is 2.12. The fourth-order valence-electron chi connectivity index (χ4n) is 2.45. The summed E-state index contributed by atoms with van der Waals surface area (Å²) in [6.45, 7) is -0.867. The van der Waals surface area contributed by atoms with Gasteiger partial charge in [0.05, 0.1) is 6.54 Å². The van der Waals surface area contributed by atoms with Crippen LogP contribution in [0.3, 0.4) is 0 Å². The summed E-state index contributed by atoms with van der Waals surface area (Å²) in [6.07, 6.45) is 0.517. The van der Waals surface area contributed by atoms with Crippen LogP contribution in [0.1, 0.15) is 24.1 Å². The standard InChI is InChI=1S/C19H20F4N2O2/c1-12(16-7-4-14(20)10-17(16)21)25-11-18(26)24-9-8-13-2-5-15(6-3-13)27-19(22)23/h2-7,10,12,19,25H,8-9,11H2,1H3,(H,24,26)/t12-/m1/s1. The average molecular weight is 384 g/mol. The Labute approximate surface area is 154 Å². The summed E-state index contributed by atoms with van der Waals surface area (Å²) in [6, 6.07) is 8.98. The highest BCUT2D eigenvalue weighted by atomic mass is 19.3. The SMILES string of the molecule is C[C@@H](NCC(=O)NCCc1ccc(OC(F)F)cc1)c1ccc(F)cc1F. The molecule has 0 aliphatic heterocycles. The summed E-state index contributed by atoms with van der Waals surface area (Å²) >= 11 is 0. The van der Waals surface area contributed by atoms with Gasteiger partial charge in [0, 0.05) is 24.2 Å². The molecule has 0 saturated carbocycles. The molecule has 2 aromatic carbocycles. The van der Waals surface area contributed by atoms with Crippen LogP contribution in [0.4, 0.5) is 17.6 Å². The van der Waals surface area contributed by atoms with Crippen molar-refractivity contribution in [2.45, 2.75) is 26.0 Å². The number of carbonyl (C=O) groups excluding carboxylic acids is 1. The van der Waals surface area contributed by atoms with Crippen molar-refractivity contribution in [3.05, 3.63) is 65.2 Å². The fourth-order valence-corrected chi connectivity index (χ4v) is 2.45. The number of amides is 1. The van der Waals surface area contributed by atoms with E-state index >= 15 is 0 Å². The molecule has 2 rings (SSSR count). The van der Waals surface area contributed by atoms with Gasteiger partial charge in [-0.1, -0.05) is 18.2 Å². The van der Waals surface area contributed by atoms with Crippen molar-refractivity contribution < 1.29 is 27.1 Å². The lowest BCUT2D eigenvalue weighted by atomic mass is 10.1. The molecule has 27 heavy (non-hydrogen) atoms. The maximum Gasteiger partial charge on any atom is 0.387 e. The number of halogens is 4. The van der Waals surface area contributed by atoms with Crippen LogP contribution in [0.2, 0.25) is 0 Å². The second kappa shape index (κ2) is 9.91. The normalized spacial score (nSPS) is 12.1. The molecule has 2 N–H and O–H groups in total.